The van der Waals surface area contributed by atoms with Crippen molar-refractivity contribution < 1.29 is 4.79 Å². The second-order valence-electron chi connectivity index (χ2n) is 5.87. The highest BCUT2D eigenvalue weighted by molar-refractivity contribution is 5.95. The normalized spacial score (nSPS) is 17.6. The molecular formula is C17H22N4O. The van der Waals surface area contributed by atoms with Gasteiger partial charge in [0.2, 0.25) is 0 Å². The lowest BCUT2D eigenvalue weighted by Crippen LogP contribution is -2.25. The first-order valence-electron chi connectivity index (χ1n) is 7.75. The van der Waals surface area contributed by atoms with E-state index in [1.165, 1.54) is 0 Å². The number of carbonyl (C=O) groups excluding carboxylic acids is 1. The summed E-state index contributed by atoms with van der Waals surface area (Å²) in [5.74, 6) is 0.418. The minimum Gasteiger partial charge on any atom is -0.348 e. The summed E-state index contributed by atoms with van der Waals surface area (Å²) in [6.45, 7) is 6.39. The van der Waals surface area contributed by atoms with Crippen LogP contribution in [-0.2, 0) is 6.54 Å². The quantitative estimate of drug-likeness (QED) is 0.809. The van der Waals surface area contributed by atoms with Gasteiger partial charge in [0.1, 0.15) is 0 Å². The topological polar surface area (TPSA) is 69.8 Å². The SMILES string of the molecule is Cc1n[nH]c(C)c1CNC(=O)c1ccccc1[C@H]1CCNC1. The fraction of sp³-hybridized carbons (Fsp3) is 0.412. The molecule has 1 fully saturated rings. The second-order valence-corrected chi connectivity index (χ2v) is 5.87. The summed E-state index contributed by atoms with van der Waals surface area (Å²) in [6, 6.07) is 7.92. The molecule has 1 aliphatic heterocycles. The van der Waals surface area contributed by atoms with Crippen LogP contribution in [0.4, 0.5) is 0 Å². The number of H-pyrrole nitrogens is 1. The minimum absolute atomic E-state index is 0.0116. The molecule has 3 rings (SSSR count). The molecule has 1 aliphatic rings. The first kappa shape index (κ1) is 14.8. The number of aromatic nitrogens is 2. The number of aromatic amines is 1. The summed E-state index contributed by atoms with van der Waals surface area (Å²) in [7, 11) is 0. The van der Waals surface area contributed by atoms with Crippen LogP contribution in [0.5, 0.6) is 0 Å². The Morgan fingerprint density at radius 3 is 2.86 bits per heavy atom. The molecule has 1 aromatic heterocycles. The van der Waals surface area contributed by atoms with Crippen molar-refractivity contribution in [3.63, 3.8) is 0 Å². The van der Waals surface area contributed by atoms with E-state index in [1.807, 2.05) is 32.0 Å². The molecular weight excluding hydrogens is 276 g/mol. The number of nitrogens with zero attached hydrogens (tertiary/aromatic N) is 1. The molecule has 0 spiro atoms. The average Bonchev–Trinajstić information content (AvgIpc) is 3.16. The van der Waals surface area contributed by atoms with Crippen LogP contribution in [0, 0.1) is 13.8 Å². The van der Waals surface area contributed by atoms with Gasteiger partial charge in [-0.3, -0.25) is 9.89 Å². The van der Waals surface area contributed by atoms with Gasteiger partial charge in [0, 0.05) is 29.9 Å². The van der Waals surface area contributed by atoms with Gasteiger partial charge in [0.05, 0.1) is 5.69 Å². The standard InChI is InChI=1S/C17H22N4O/c1-11-16(12(2)21-20-11)10-19-17(22)15-6-4-3-5-14(15)13-7-8-18-9-13/h3-6,13,18H,7-10H2,1-2H3,(H,19,22)(H,20,21)/t13-/m0/s1. The van der Waals surface area contributed by atoms with E-state index < -0.39 is 0 Å². The van der Waals surface area contributed by atoms with Crippen molar-refractivity contribution in [1.29, 1.82) is 0 Å². The number of nitrogens with one attached hydrogen (secondary N) is 3. The lowest BCUT2D eigenvalue weighted by Gasteiger charge is -2.14. The van der Waals surface area contributed by atoms with Crippen LogP contribution in [0.15, 0.2) is 24.3 Å². The molecule has 0 radical (unpaired) electrons. The van der Waals surface area contributed by atoms with Crippen molar-refractivity contribution in [2.75, 3.05) is 13.1 Å². The minimum atomic E-state index is -0.0116. The third-order valence-corrected chi connectivity index (χ3v) is 4.41. The van der Waals surface area contributed by atoms with E-state index in [0.29, 0.717) is 12.5 Å². The van der Waals surface area contributed by atoms with Gasteiger partial charge in [-0.05, 0) is 44.4 Å². The predicted molar refractivity (Wildman–Crippen MR) is 85.9 cm³/mol. The second kappa shape index (κ2) is 6.32. The van der Waals surface area contributed by atoms with Crippen LogP contribution >= 0.6 is 0 Å². The van der Waals surface area contributed by atoms with Crippen LogP contribution in [0.25, 0.3) is 0 Å². The molecule has 22 heavy (non-hydrogen) atoms. The Bertz CT molecular complexity index is 652. The highest BCUT2D eigenvalue weighted by Crippen LogP contribution is 2.25. The fourth-order valence-corrected chi connectivity index (χ4v) is 3.08. The molecule has 116 valence electrons. The number of benzene rings is 1. The Balaban J connectivity index is 1.75. The number of aryl methyl sites for hydroxylation is 2. The average molecular weight is 298 g/mol. The van der Waals surface area contributed by atoms with E-state index in [-0.39, 0.29) is 5.91 Å². The maximum absolute atomic E-state index is 12.6. The van der Waals surface area contributed by atoms with Gasteiger partial charge >= 0.3 is 0 Å². The molecule has 0 bridgehead atoms. The van der Waals surface area contributed by atoms with Gasteiger partial charge in [-0.25, -0.2) is 0 Å². The molecule has 5 heteroatoms. The number of rotatable bonds is 4. The number of hydrogen-bond donors (Lipinski definition) is 3. The van der Waals surface area contributed by atoms with E-state index in [1.54, 1.807) is 0 Å². The summed E-state index contributed by atoms with van der Waals surface area (Å²) in [5.41, 5.74) is 4.94. The molecule has 2 aromatic rings. The molecule has 1 atom stereocenters. The van der Waals surface area contributed by atoms with Gasteiger partial charge < -0.3 is 10.6 Å². The van der Waals surface area contributed by atoms with Crippen molar-refractivity contribution >= 4 is 5.91 Å². The number of carbonyl (C=O) groups is 1. The monoisotopic (exact) mass is 298 g/mol. The summed E-state index contributed by atoms with van der Waals surface area (Å²) in [5, 5.41) is 13.5. The Morgan fingerprint density at radius 1 is 1.36 bits per heavy atom. The van der Waals surface area contributed by atoms with Gasteiger partial charge in [-0.2, -0.15) is 5.10 Å². The van der Waals surface area contributed by atoms with Crippen molar-refractivity contribution in [3.05, 3.63) is 52.3 Å². The van der Waals surface area contributed by atoms with Crippen molar-refractivity contribution in [1.82, 2.24) is 20.8 Å². The lowest BCUT2D eigenvalue weighted by molar-refractivity contribution is 0.0949. The van der Waals surface area contributed by atoms with Crippen LogP contribution in [0.1, 0.15) is 45.2 Å². The molecule has 0 aliphatic carbocycles. The highest BCUT2D eigenvalue weighted by Gasteiger charge is 2.22. The van der Waals surface area contributed by atoms with Gasteiger partial charge in [-0.15, -0.1) is 0 Å². The van der Waals surface area contributed by atoms with Crippen LogP contribution in [0.3, 0.4) is 0 Å². The molecule has 5 nitrogen and oxygen atoms in total. The van der Waals surface area contributed by atoms with E-state index in [4.69, 9.17) is 0 Å². The zero-order valence-corrected chi connectivity index (χ0v) is 13.1. The zero-order chi connectivity index (χ0) is 15.5. The Morgan fingerprint density at radius 2 is 2.18 bits per heavy atom. The van der Waals surface area contributed by atoms with Crippen LogP contribution in [0.2, 0.25) is 0 Å². The summed E-state index contributed by atoms with van der Waals surface area (Å²) >= 11 is 0. The molecule has 0 saturated carbocycles. The lowest BCUT2D eigenvalue weighted by atomic mass is 9.93. The van der Waals surface area contributed by atoms with E-state index in [0.717, 1.165) is 47.6 Å². The van der Waals surface area contributed by atoms with Crippen LogP contribution in [-0.4, -0.2) is 29.2 Å². The fourth-order valence-electron chi connectivity index (χ4n) is 3.08. The summed E-state index contributed by atoms with van der Waals surface area (Å²) in [4.78, 5) is 12.6. The summed E-state index contributed by atoms with van der Waals surface area (Å²) < 4.78 is 0. The van der Waals surface area contributed by atoms with Crippen molar-refractivity contribution in [3.8, 4) is 0 Å². The van der Waals surface area contributed by atoms with E-state index >= 15 is 0 Å². The first-order chi connectivity index (χ1) is 10.7. The first-order valence-corrected chi connectivity index (χ1v) is 7.75. The molecule has 0 unspecified atom stereocenters. The largest absolute Gasteiger partial charge is 0.348 e. The third-order valence-electron chi connectivity index (χ3n) is 4.41. The molecule has 2 heterocycles. The predicted octanol–water partition coefficient (Wildman–Crippen LogP) is 2.03. The zero-order valence-electron chi connectivity index (χ0n) is 13.1. The Kier molecular flexibility index (Phi) is 4.24. The van der Waals surface area contributed by atoms with Crippen molar-refractivity contribution in [2.45, 2.75) is 32.7 Å². The maximum Gasteiger partial charge on any atom is 0.251 e. The smallest absolute Gasteiger partial charge is 0.251 e. The third kappa shape index (κ3) is 2.90. The highest BCUT2D eigenvalue weighted by atomic mass is 16.1. The molecule has 1 amide bonds. The number of amides is 1. The molecule has 1 saturated heterocycles. The van der Waals surface area contributed by atoms with Crippen molar-refractivity contribution in [2.24, 2.45) is 0 Å². The van der Waals surface area contributed by atoms with E-state index in [9.17, 15) is 4.79 Å². The van der Waals surface area contributed by atoms with Gasteiger partial charge in [0.15, 0.2) is 0 Å². The number of hydrogen-bond acceptors (Lipinski definition) is 3. The summed E-state index contributed by atoms with van der Waals surface area (Å²) in [6.07, 6.45) is 1.09. The Hall–Kier alpha value is -2.14. The van der Waals surface area contributed by atoms with Crippen LogP contribution < -0.4 is 10.6 Å². The molecule has 3 N–H and O–H groups in total. The maximum atomic E-state index is 12.6. The molecule has 1 aromatic carbocycles. The van der Waals surface area contributed by atoms with E-state index in [2.05, 4.69) is 26.9 Å². The van der Waals surface area contributed by atoms with Gasteiger partial charge in [-0.1, -0.05) is 18.2 Å². The van der Waals surface area contributed by atoms with Gasteiger partial charge in [0.25, 0.3) is 5.91 Å². The Labute approximate surface area is 130 Å².